The molecule has 0 radical (unpaired) electrons. The second-order valence-electron chi connectivity index (χ2n) is 7.14. The Kier molecular flexibility index (Phi) is 4.98. The van der Waals surface area contributed by atoms with E-state index in [4.69, 9.17) is 0 Å². The highest BCUT2D eigenvalue weighted by Crippen LogP contribution is 2.25. The molecule has 1 rings (SSSR count). The van der Waals surface area contributed by atoms with Gasteiger partial charge in [-0.25, -0.2) is 0 Å². The summed E-state index contributed by atoms with van der Waals surface area (Å²) in [5.41, 5.74) is 3.49. The smallest absolute Gasteiger partial charge is 0.0000373 e. The van der Waals surface area contributed by atoms with Gasteiger partial charge in [-0.2, -0.15) is 0 Å². The lowest BCUT2D eigenvalue weighted by Crippen LogP contribution is -2.27. The van der Waals surface area contributed by atoms with Gasteiger partial charge in [0.2, 0.25) is 0 Å². The van der Waals surface area contributed by atoms with Gasteiger partial charge in [-0.1, -0.05) is 58.9 Å². The van der Waals surface area contributed by atoms with Crippen molar-refractivity contribution in [2.45, 2.75) is 52.9 Å². The standard InChI is InChI=1S/C17H29N/c1-16(2,3)15-9-7-14(8-10-15)11-12-17(4,5)13-18-6/h7-10,18H,11-13H2,1-6H3. The van der Waals surface area contributed by atoms with Gasteiger partial charge < -0.3 is 5.32 Å². The van der Waals surface area contributed by atoms with Gasteiger partial charge in [0.15, 0.2) is 0 Å². The molecule has 0 spiro atoms. The van der Waals surface area contributed by atoms with Crippen LogP contribution in [0.5, 0.6) is 0 Å². The van der Waals surface area contributed by atoms with Gasteiger partial charge in [-0.3, -0.25) is 0 Å². The molecule has 18 heavy (non-hydrogen) atoms. The summed E-state index contributed by atoms with van der Waals surface area (Å²) in [4.78, 5) is 0. The minimum atomic E-state index is 0.254. The third-order valence-corrected chi connectivity index (χ3v) is 3.57. The fourth-order valence-corrected chi connectivity index (χ4v) is 2.22. The molecule has 1 N–H and O–H groups in total. The summed E-state index contributed by atoms with van der Waals surface area (Å²) in [5.74, 6) is 0. The zero-order valence-electron chi connectivity index (χ0n) is 12.9. The monoisotopic (exact) mass is 247 g/mol. The predicted molar refractivity (Wildman–Crippen MR) is 81.2 cm³/mol. The normalized spacial score (nSPS) is 12.8. The Balaban J connectivity index is 2.60. The molecule has 1 aromatic carbocycles. The highest BCUT2D eigenvalue weighted by molar-refractivity contribution is 5.27. The van der Waals surface area contributed by atoms with Crippen molar-refractivity contribution in [2.75, 3.05) is 13.6 Å². The highest BCUT2D eigenvalue weighted by Gasteiger charge is 2.17. The molecular weight excluding hydrogens is 218 g/mol. The van der Waals surface area contributed by atoms with E-state index >= 15 is 0 Å². The first-order chi connectivity index (χ1) is 8.24. The third kappa shape index (κ3) is 4.81. The zero-order chi connectivity index (χ0) is 13.8. The summed E-state index contributed by atoms with van der Waals surface area (Å²) in [6, 6.07) is 9.13. The second-order valence-corrected chi connectivity index (χ2v) is 7.14. The van der Waals surface area contributed by atoms with Gasteiger partial charge in [0.05, 0.1) is 0 Å². The number of aryl methyl sites for hydroxylation is 1. The van der Waals surface area contributed by atoms with Gasteiger partial charge in [-0.15, -0.1) is 0 Å². The van der Waals surface area contributed by atoms with E-state index in [9.17, 15) is 0 Å². The van der Waals surface area contributed by atoms with Crippen LogP contribution in [0.4, 0.5) is 0 Å². The van der Waals surface area contributed by atoms with Crippen LogP contribution in [-0.2, 0) is 11.8 Å². The van der Waals surface area contributed by atoms with Crippen molar-refractivity contribution in [2.24, 2.45) is 5.41 Å². The number of nitrogens with one attached hydrogen (secondary N) is 1. The van der Waals surface area contributed by atoms with Crippen LogP contribution in [0.3, 0.4) is 0 Å². The zero-order valence-corrected chi connectivity index (χ0v) is 12.9. The van der Waals surface area contributed by atoms with E-state index in [-0.39, 0.29) is 5.41 Å². The van der Waals surface area contributed by atoms with Crippen molar-refractivity contribution in [1.82, 2.24) is 5.32 Å². The first kappa shape index (κ1) is 15.2. The molecule has 102 valence electrons. The van der Waals surface area contributed by atoms with Crippen molar-refractivity contribution in [1.29, 1.82) is 0 Å². The minimum absolute atomic E-state index is 0.254. The van der Waals surface area contributed by atoms with Crippen LogP contribution >= 0.6 is 0 Å². The summed E-state index contributed by atoms with van der Waals surface area (Å²) < 4.78 is 0. The lowest BCUT2D eigenvalue weighted by Gasteiger charge is -2.24. The molecule has 0 bridgehead atoms. The van der Waals surface area contributed by atoms with E-state index in [1.54, 1.807) is 0 Å². The van der Waals surface area contributed by atoms with Gasteiger partial charge >= 0.3 is 0 Å². The van der Waals surface area contributed by atoms with Crippen molar-refractivity contribution in [3.63, 3.8) is 0 Å². The summed E-state index contributed by atoms with van der Waals surface area (Å²) >= 11 is 0. The SMILES string of the molecule is CNCC(C)(C)CCc1ccc(C(C)(C)C)cc1. The molecule has 0 amide bonds. The van der Waals surface area contributed by atoms with Crippen LogP contribution in [0.15, 0.2) is 24.3 Å². The topological polar surface area (TPSA) is 12.0 Å². The number of rotatable bonds is 5. The molecule has 0 aromatic heterocycles. The number of benzene rings is 1. The Labute approximate surface area is 113 Å². The molecule has 0 saturated carbocycles. The van der Waals surface area contributed by atoms with Gasteiger partial charge in [-0.05, 0) is 48.4 Å². The van der Waals surface area contributed by atoms with Crippen LogP contribution < -0.4 is 5.32 Å². The minimum Gasteiger partial charge on any atom is -0.319 e. The third-order valence-electron chi connectivity index (χ3n) is 3.57. The second kappa shape index (κ2) is 5.88. The van der Waals surface area contributed by atoms with E-state index < -0.39 is 0 Å². The fourth-order valence-electron chi connectivity index (χ4n) is 2.22. The Hall–Kier alpha value is -0.820. The van der Waals surface area contributed by atoms with Crippen molar-refractivity contribution in [3.8, 4) is 0 Å². The average molecular weight is 247 g/mol. The molecule has 1 nitrogen and oxygen atoms in total. The Morgan fingerprint density at radius 1 is 0.944 bits per heavy atom. The molecular formula is C17H29N. The summed E-state index contributed by atoms with van der Waals surface area (Å²) in [7, 11) is 2.03. The maximum Gasteiger partial charge on any atom is -0.0000373 e. The summed E-state index contributed by atoms with van der Waals surface area (Å²) in [6.07, 6.45) is 2.39. The lowest BCUT2D eigenvalue weighted by molar-refractivity contribution is 0.324. The molecule has 0 aliphatic rings. The van der Waals surface area contributed by atoms with E-state index in [1.165, 1.54) is 24.0 Å². The van der Waals surface area contributed by atoms with Crippen LogP contribution in [-0.4, -0.2) is 13.6 Å². The van der Waals surface area contributed by atoms with E-state index in [1.807, 2.05) is 7.05 Å². The maximum atomic E-state index is 3.27. The van der Waals surface area contributed by atoms with Crippen LogP contribution in [0.1, 0.15) is 52.2 Å². The first-order valence-electron chi connectivity index (χ1n) is 6.99. The molecule has 0 saturated heterocycles. The highest BCUT2D eigenvalue weighted by atomic mass is 14.8. The lowest BCUT2D eigenvalue weighted by atomic mass is 9.84. The quantitative estimate of drug-likeness (QED) is 0.823. The molecule has 0 unspecified atom stereocenters. The van der Waals surface area contributed by atoms with Crippen molar-refractivity contribution >= 4 is 0 Å². The maximum absolute atomic E-state index is 3.27. The van der Waals surface area contributed by atoms with Crippen molar-refractivity contribution < 1.29 is 0 Å². The fraction of sp³-hybridized carbons (Fsp3) is 0.647. The molecule has 0 aliphatic carbocycles. The summed E-state index contributed by atoms with van der Waals surface area (Å²) in [6.45, 7) is 12.5. The molecule has 1 heteroatoms. The van der Waals surface area contributed by atoms with Gasteiger partial charge in [0.1, 0.15) is 0 Å². The van der Waals surface area contributed by atoms with Crippen LogP contribution in [0.2, 0.25) is 0 Å². The molecule has 0 atom stereocenters. The average Bonchev–Trinajstić information content (AvgIpc) is 2.26. The Morgan fingerprint density at radius 3 is 1.94 bits per heavy atom. The van der Waals surface area contributed by atoms with Crippen molar-refractivity contribution in [3.05, 3.63) is 35.4 Å². The molecule has 0 heterocycles. The Morgan fingerprint density at radius 2 is 1.50 bits per heavy atom. The van der Waals surface area contributed by atoms with Crippen LogP contribution in [0.25, 0.3) is 0 Å². The Bertz CT molecular complexity index is 354. The molecule has 0 fully saturated rings. The van der Waals surface area contributed by atoms with Crippen LogP contribution in [0, 0.1) is 5.41 Å². The molecule has 0 aliphatic heterocycles. The predicted octanol–water partition coefficient (Wildman–Crippen LogP) is 4.16. The largest absolute Gasteiger partial charge is 0.319 e. The molecule has 1 aromatic rings. The van der Waals surface area contributed by atoms with Gasteiger partial charge in [0.25, 0.3) is 0 Å². The van der Waals surface area contributed by atoms with E-state index in [2.05, 4.69) is 64.2 Å². The number of hydrogen-bond donors (Lipinski definition) is 1. The first-order valence-corrected chi connectivity index (χ1v) is 6.99. The van der Waals surface area contributed by atoms with E-state index in [0.29, 0.717) is 5.41 Å². The summed E-state index contributed by atoms with van der Waals surface area (Å²) in [5, 5.41) is 3.27. The number of hydrogen-bond acceptors (Lipinski definition) is 1. The van der Waals surface area contributed by atoms with Gasteiger partial charge in [0, 0.05) is 0 Å². The van der Waals surface area contributed by atoms with E-state index in [0.717, 1.165) is 6.54 Å².